The van der Waals surface area contributed by atoms with Crippen LogP contribution in [0.25, 0.3) is 0 Å². The maximum atomic E-state index is 5.68. The quantitative estimate of drug-likeness (QED) is 0.750. The van der Waals surface area contributed by atoms with Gasteiger partial charge in [0.05, 0.1) is 6.20 Å². The molecular weight excluding hydrogens is 188 g/mol. The van der Waals surface area contributed by atoms with Crippen LogP contribution in [0.2, 0.25) is 0 Å². The summed E-state index contributed by atoms with van der Waals surface area (Å²) in [6.45, 7) is 4.08. The van der Waals surface area contributed by atoms with E-state index >= 15 is 0 Å². The predicted octanol–water partition coefficient (Wildman–Crippen LogP) is 1.73. The number of aryl methyl sites for hydroxylation is 1. The minimum absolute atomic E-state index is 0.593. The first-order valence-electron chi connectivity index (χ1n) is 5.57. The van der Waals surface area contributed by atoms with Gasteiger partial charge in [-0.25, -0.2) is 0 Å². The molecule has 1 aliphatic heterocycles. The topological polar surface area (TPSA) is 25.4 Å². The van der Waals surface area contributed by atoms with Crippen molar-refractivity contribution in [3.05, 3.63) is 24.0 Å². The van der Waals surface area contributed by atoms with Crippen molar-refractivity contribution in [1.29, 1.82) is 0 Å². The lowest BCUT2D eigenvalue weighted by Crippen LogP contribution is -2.48. The molecular formula is C12H18N2O. The summed E-state index contributed by atoms with van der Waals surface area (Å²) in [6, 6.07) is 4.63. The summed E-state index contributed by atoms with van der Waals surface area (Å²) in [5.41, 5.74) is 1.11. The molecule has 0 aliphatic carbocycles. The van der Waals surface area contributed by atoms with Crippen molar-refractivity contribution in [2.75, 3.05) is 20.2 Å². The van der Waals surface area contributed by atoms with Gasteiger partial charge in [0.1, 0.15) is 12.4 Å². The Morgan fingerprint density at radius 2 is 2.40 bits per heavy atom. The summed E-state index contributed by atoms with van der Waals surface area (Å²) in [5, 5.41) is 0. The van der Waals surface area contributed by atoms with Gasteiger partial charge in [-0.3, -0.25) is 9.88 Å². The minimum Gasteiger partial charge on any atom is -0.490 e. The van der Waals surface area contributed by atoms with Gasteiger partial charge in [-0.2, -0.15) is 0 Å². The molecule has 0 amide bonds. The van der Waals surface area contributed by atoms with E-state index in [0.29, 0.717) is 6.04 Å². The first-order chi connectivity index (χ1) is 7.29. The normalized spacial score (nSPS) is 21.1. The average Bonchev–Trinajstić information content (AvgIpc) is 2.28. The highest BCUT2D eigenvalue weighted by Crippen LogP contribution is 2.16. The summed E-state index contributed by atoms with van der Waals surface area (Å²) in [4.78, 5) is 6.61. The van der Waals surface area contributed by atoms with Crippen molar-refractivity contribution in [2.24, 2.45) is 0 Å². The van der Waals surface area contributed by atoms with Crippen molar-refractivity contribution in [3.63, 3.8) is 0 Å². The zero-order valence-corrected chi connectivity index (χ0v) is 9.44. The molecule has 0 aromatic carbocycles. The van der Waals surface area contributed by atoms with Gasteiger partial charge in [0.15, 0.2) is 0 Å². The zero-order valence-electron chi connectivity index (χ0n) is 9.44. The van der Waals surface area contributed by atoms with Gasteiger partial charge >= 0.3 is 0 Å². The second-order valence-electron chi connectivity index (χ2n) is 4.07. The van der Waals surface area contributed by atoms with E-state index in [4.69, 9.17) is 4.74 Å². The number of likely N-dealkylation sites (tertiary alicyclic amines) is 1. The van der Waals surface area contributed by atoms with E-state index in [1.54, 1.807) is 0 Å². The first-order valence-corrected chi connectivity index (χ1v) is 5.57. The van der Waals surface area contributed by atoms with Crippen molar-refractivity contribution < 1.29 is 4.74 Å². The van der Waals surface area contributed by atoms with Crippen LogP contribution in [-0.4, -0.2) is 36.1 Å². The molecule has 0 N–H and O–H groups in total. The number of aromatic nitrogens is 1. The average molecular weight is 206 g/mol. The Kier molecular flexibility index (Phi) is 3.21. The smallest absolute Gasteiger partial charge is 0.137 e. The molecule has 3 nitrogen and oxygen atoms in total. The fourth-order valence-electron chi connectivity index (χ4n) is 1.68. The Morgan fingerprint density at radius 3 is 2.87 bits per heavy atom. The van der Waals surface area contributed by atoms with Gasteiger partial charge in [-0.1, -0.05) is 6.92 Å². The monoisotopic (exact) mass is 206 g/mol. The van der Waals surface area contributed by atoms with Crippen molar-refractivity contribution >= 4 is 0 Å². The standard InChI is InChI=1S/C12H18N2O/c1-3-10-4-5-12(8-13-10)15-9-11-6-7-14(11)2/h4-5,8,11H,3,6-7,9H2,1-2H3/t11-/m0/s1. The minimum atomic E-state index is 0.593. The second kappa shape index (κ2) is 4.62. The van der Waals surface area contributed by atoms with Crippen LogP contribution in [0.3, 0.4) is 0 Å². The molecule has 2 rings (SSSR count). The molecule has 2 heterocycles. The van der Waals surface area contributed by atoms with E-state index in [1.807, 2.05) is 18.3 Å². The summed E-state index contributed by atoms with van der Waals surface area (Å²) >= 11 is 0. The number of ether oxygens (including phenoxy) is 1. The number of hydrogen-bond acceptors (Lipinski definition) is 3. The SMILES string of the molecule is CCc1ccc(OC[C@@H]2CCN2C)cn1. The third kappa shape index (κ3) is 2.48. The maximum Gasteiger partial charge on any atom is 0.137 e. The zero-order chi connectivity index (χ0) is 10.7. The van der Waals surface area contributed by atoms with Crippen molar-refractivity contribution in [1.82, 2.24) is 9.88 Å². The molecule has 1 aliphatic rings. The lowest BCUT2D eigenvalue weighted by atomic mass is 10.1. The van der Waals surface area contributed by atoms with Crippen LogP contribution in [0.15, 0.2) is 18.3 Å². The Hall–Kier alpha value is -1.09. The van der Waals surface area contributed by atoms with Crippen molar-refractivity contribution in [2.45, 2.75) is 25.8 Å². The third-order valence-electron chi connectivity index (χ3n) is 3.04. The first kappa shape index (κ1) is 10.4. The van der Waals surface area contributed by atoms with Gasteiger partial charge in [0.2, 0.25) is 0 Å². The lowest BCUT2D eigenvalue weighted by Gasteiger charge is -2.37. The Morgan fingerprint density at radius 1 is 1.53 bits per heavy atom. The predicted molar refractivity (Wildman–Crippen MR) is 60.1 cm³/mol. The van der Waals surface area contributed by atoms with Gasteiger partial charge in [-0.15, -0.1) is 0 Å². The van der Waals surface area contributed by atoms with Gasteiger partial charge < -0.3 is 4.74 Å². The molecule has 1 aromatic rings. The lowest BCUT2D eigenvalue weighted by molar-refractivity contribution is 0.0767. The summed E-state index contributed by atoms with van der Waals surface area (Å²) in [5.74, 6) is 0.882. The largest absolute Gasteiger partial charge is 0.490 e. The van der Waals surface area contributed by atoms with Crippen LogP contribution in [0, 0.1) is 0 Å². The van der Waals surface area contributed by atoms with Crippen LogP contribution < -0.4 is 4.74 Å². The number of likely N-dealkylation sites (N-methyl/N-ethyl adjacent to an activating group) is 1. The number of pyridine rings is 1. The van der Waals surface area contributed by atoms with E-state index in [1.165, 1.54) is 13.0 Å². The molecule has 82 valence electrons. The Bertz CT molecular complexity index is 310. The number of nitrogens with zero attached hydrogens (tertiary/aromatic N) is 2. The molecule has 0 spiro atoms. The number of hydrogen-bond donors (Lipinski definition) is 0. The van der Waals surface area contributed by atoms with E-state index in [2.05, 4.69) is 23.9 Å². The highest BCUT2D eigenvalue weighted by molar-refractivity contribution is 5.19. The molecule has 1 aromatic heterocycles. The molecule has 15 heavy (non-hydrogen) atoms. The molecule has 0 unspecified atom stereocenters. The van der Waals surface area contributed by atoms with Crippen LogP contribution in [0.1, 0.15) is 19.0 Å². The molecule has 0 saturated carbocycles. The third-order valence-corrected chi connectivity index (χ3v) is 3.04. The molecule has 0 radical (unpaired) electrons. The fraction of sp³-hybridized carbons (Fsp3) is 0.583. The van der Waals surface area contributed by atoms with Crippen LogP contribution >= 0.6 is 0 Å². The van der Waals surface area contributed by atoms with E-state index in [0.717, 1.165) is 24.5 Å². The molecule has 1 saturated heterocycles. The fourth-order valence-corrected chi connectivity index (χ4v) is 1.68. The van der Waals surface area contributed by atoms with Crippen molar-refractivity contribution in [3.8, 4) is 5.75 Å². The van der Waals surface area contributed by atoms with Crippen LogP contribution in [-0.2, 0) is 6.42 Å². The highest BCUT2D eigenvalue weighted by atomic mass is 16.5. The van der Waals surface area contributed by atoms with Crippen LogP contribution in [0.4, 0.5) is 0 Å². The molecule has 0 bridgehead atoms. The maximum absolute atomic E-state index is 5.68. The Balaban J connectivity index is 1.82. The summed E-state index contributed by atoms with van der Waals surface area (Å²) in [7, 11) is 2.13. The second-order valence-corrected chi connectivity index (χ2v) is 4.07. The van der Waals surface area contributed by atoms with E-state index in [9.17, 15) is 0 Å². The van der Waals surface area contributed by atoms with Gasteiger partial charge in [0, 0.05) is 11.7 Å². The van der Waals surface area contributed by atoms with Gasteiger partial charge in [0.25, 0.3) is 0 Å². The molecule has 1 fully saturated rings. The van der Waals surface area contributed by atoms with E-state index in [-0.39, 0.29) is 0 Å². The summed E-state index contributed by atoms with van der Waals surface area (Å²) in [6.07, 6.45) is 4.04. The molecule has 3 heteroatoms. The summed E-state index contributed by atoms with van der Waals surface area (Å²) < 4.78 is 5.68. The van der Waals surface area contributed by atoms with Gasteiger partial charge in [-0.05, 0) is 38.6 Å². The Labute approximate surface area is 91.1 Å². The highest BCUT2D eigenvalue weighted by Gasteiger charge is 2.24. The molecule has 1 atom stereocenters. The van der Waals surface area contributed by atoms with E-state index < -0.39 is 0 Å². The van der Waals surface area contributed by atoms with Crippen LogP contribution in [0.5, 0.6) is 5.75 Å². The number of rotatable bonds is 4.